The highest BCUT2D eigenvalue weighted by molar-refractivity contribution is 6.31. The Hall–Kier alpha value is -3.02. The van der Waals surface area contributed by atoms with E-state index in [1.54, 1.807) is 66.7 Å². The molecule has 0 aliphatic heterocycles. The molecule has 2 N–H and O–H groups in total. The maximum atomic E-state index is 12.5. The van der Waals surface area contributed by atoms with Gasteiger partial charge in [-0.2, -0.15) is 0 Å². The van der Waals surface area contributed by atoms with E-state index in [9.17, 15) is 9.59 Å². The summed E-state index contributed by atoms with van der Waals surface area (Å²) < 4.78 is 5.30. The van der Waals surface area contributed by atoms with Crippen molar-refractivity contribution in [2.45, 2.75) is 0 Å². The van der Waals surface area contributed by atoms with Gasteiger partial charge in [0.05, 0.1) is 12.8 Å². The summed E-state index contributed by atoms with van der Waals surface area (Å²) in [6.45, 7) is 0. The minimum atomic E-state index is -0.348. The van der Waals surface area contributed by atoms with Crippen molar-refractivity contribution in [2.24, 2.45) is 0 Å². The lowest BCUT2D eigenvalue weighted by molar-refractivity contribution is 0.101. The third-order valence-electron chi connectivity index (χ3n) is 3.88. The molecule has 0 aromatic heterocycles. The number of nitrogens with one attached hydrogen (secondary N) is 2. The molecule has 142 valence electrons. The maximum absolute atomic E-state index is 12.5. The van der Waals surface area contributed by atoms with Gasteiger partial charge in [-0.1, -0.05) is 35.3 Å². The highest BCUT2D eigenvalue weighted by Crippen LogP contribution is 2.29. The van der Waals surface area contributed by atoms with Crippen molar-refractivity contribution in [3.63, 3.8) is 0 Å². The average molecular weight is 415 g/mol. The summed E-state index contributed by atoms with van der Waals surface area (Å²) in [6, 6.07) is 18.2. The average Bonchev–Trinajstić information content (AvgIpc) is 2.68. The SMILES string of the molecule is COc1ccc(NC(=O)c2cccc(Cl)c2)cc1NC(=O)c1cccc(Cl)c1. The van der Waals surface area contributed by atoms with Crippen molar-refractivity contribution in [1.29, 1.82) is 0 Å². The molecule has 7 heteroatoms. The number of hydrogen-bond donors (Lipinski definition) is 2. The number of ether oxygens (including phenoxy) is 1. The molecule has 0 spiro atoms. The summed E-state index contributed by atoms with van der Waals surface area (Å²) in [5.41, 5.74) is 1.74. The summed E-state index contributed by atoms with van der Waals surface area (Å²) in [6.07, 6.45) is 0. The topological polar surface area (TPSA) is 67.4 Å². The summed E-state index contributed by atoms with van der Waals surface area (Å²) in [5, 5.41) is 6.48. The third-order valence-corrected chi connectivity index (χ3v) is 4.35. The van der Waals surface area contributed by atoms with Crippen LogP contribution in [0.5, 0.6) is 5.75 Å². The number of carbonyl (C=O) groups excluding carboxylic acids is 2. The first-order valence-corrected chi connectivity index (χ1v) is 9.04. The van der Waals surface area contributed by atoms with Gasteiger partial charge in [0, 0.05) is 26.9 Å². The number of hydrogen-bond acceptors (Lipinski definition) is 3. The first-order chi connectivity index (χ1) is 13.5. The quantitative estimate of drug-likeness (QED) is 0.578. The molecule has 0 aliphatic rings. The summed E-state index contributed by atoms with van der Waals surface area (Å²) in [5.74, 6) is -0.213. The van der Waals surface area contributed by atoms with Gasteiger partial charge in [-0.25, -0.2) is 0 Å². The largest absolute Gasteiger partial charge is 0.495 e. The molecule has 0 heterocycles. The van der Waals surface area contributed by atoms with Crippen molar-refractivity contribution < 1.29 is 14.3 Å². The molecule has 0 bridgehead atoms. The molecule has 0 atom stereocenters. The van der Waals surface area contributed by atoms with Crippen LogP contribution in [0.1, 0.15) is 20.7 Å². The highest BCUT2D eigenvalue weighted by Gasteiger charge is 2.13. The Balaban J connectivity index is 1.81. The Morgan fingerprint density at radius 2 is 1.36 bits per heavy atom. The van der Waals surface area contributed by atoms with Crippen molar-refractivity contribution in [2.75, 3.05) is 17.7 Å². The Bertz CT molecular complexity index is 1040. The normalized spacial score (nSPS) is 10.2. The second kappa shape index (κ2) is 8.78. The van der Waals surface area contributed by atoms with E-state index in [4.69, 9.17) is 27.9 Å². The Morgan fingerprint density at radius 3 is 1.89 bits per heavy atom. The van der Waals surface area contributed by atoms with E-state index in [2.05, 4.69) is 10.6 Å². The van der Waals surface area contributed by atoms with E-state index in [1.807, 2.05) is 0 Å². The zero-order valence-electron chi connectivity index (χ0n) is 14.8. The summed E-state index contributed by atoms with van der Waals surface area (Å²) in [4.78, 5) is 24.9. The molecule has 3 aromatic carbocycles. The number of anilines is 2. The zero-order valence-corrected chi connectivity index (χ0v) is 16.3. The van der Waals surface area contributed by atoms with Gasteiger partial charge in [-0.05, 0) is 54.6 Å². The molecular weight excluding hydrogens is 399 g/mol. The lowest BCUT2D eigenvalue weighted by atomic mass is 10.2. The zero-order chi connectivity index (χ0) is 20.1. The van der Waals surface area contributed by atoms with E-state index in [1.165, 1.54) is 7.11 Å². The lowest BCUT2D eigenvalue weighted by Crippen LogP contribution is -2.14. The molecule has 3 aromatic rings. The van der Waals surface area contributed by atoms with Crippen LogP contribution in [0.2, 0.25) is 10.0 Å². The third kappa shape index (κ3) is 4.82. The van der Waals surface area contributed by atoms with E-state index < -0.39 is 0 Å². The second-order valence-corrected chi connectivity index (χ2v) is 6.72. The minimum absolute atomic E-state index is 0.320. The van der Waals surface area contributed by atoms with E-state index >= 15 is 0 Å². The number of carbonyl (C=O) groups is 2. The molecular formula is C21H16Cl2N2O3. The molecule has 0 fully saturated rings. The summed E-state index contributed by atoms with van der Waals surface area (Å²) >= 11 is 11.9. The predicted molar refractivity (Wildman–Crippen MR) is 112 cm³/mol. The fraction of sp³-hybridized carbons (Fsp3) is 0.0476. The first-order valence-electron chi connectivity index (χ1n) is 8.28. The van der Waals surface area contributed by atoms with E-state index in [0.29, 0.717) is 38.3 Å². The Labute approximate surface area is 172 Å². The second-order valence-electron chi connectivity index (χ2n) is 5.84. The fourth-order valence-corrected chi connectivity index (χ4v) is 2.92. The number of halogens is 2. The number of methoxy groups -OCH3 is 1. The van der Waals surface area contributed by atoms with Crippen LogP contribution in [0.15, 0.2) is 66.7 Å². The molecule has 5 nitrogen and oxygen atoms in total. The molecule has 2 amide bonds. The van der Waals surface area contributed by atoms with Gasteiger partial charge < -0.3 is 15.4 Å². The van der Waals surface area contributed by atoms with Crippen LogP contribution >= 0.6 is 23.2 Å². The van der Waals surface area contributed by atoms with Crippen molar-refractivity contribution >= 4 is 46.4 Å². The van der Waals surface area contributed by atoms with Crippen LogP contribution in [0.4, 0.5) is 11.4 Å². The standard InChI is InChI=1S/C21H16Cl2N2O3/c1-28-19-9-8-17(24-20(26)13-4-2-6-15(22)10-13)12-18(19)25-21(27)14-5-3-7-16(23)11-14/h2-12H,1H3,(H,24,26)(H,25,27). The molecule has 0 saturated carbocycles. The number of rotatable bonds is 5. The van der Waals surface area contributed by atoms with Gasteiger partial charge in [0.15, 0.2) is 0 Å². The van der Waals surface area contributed by atoms with Gasteiger partial charge in [0.25, 0.3) is 11.8 Å². The van der Waals surface area contributed by atoms with Crippen LogP contribution in [0, 0.1) is 0 Å². The van der Waals surface area contributed by atoms with Gasteiger partial charge in [0.1, 0.15) is 5.75 Å². The maximum Gasteiger partial charge on any atom is 0.255 e. The van der Waals surface area contributed by atoms with Gasteiger partial charge in [0.2, 0.25) is 0 Å². The first kappa shape index (κ1) is 19.7. The lowest BCUT2D eigenvalue weighted by Gasteiger charge is -2.13. The Morgan fingerprint density at radius 1 is 0.786 bits per heavy atom. The van der Waals surface area contributed by atoms with Crippen LogP contribution in [0.3, 0.4) is 0 Å². The fourth-order valence-electron chi connectivity index (χ4n) is 2.54. The number of benzene rings is 3. The van der Waals surface area contributed by atoms with Crippen molar-refractivity contribution in [3.05, 3.63) is 87.9 Å². The van der Waals surface area contributed by atoms with Gasteiger partial charge in [-0.3, -0.25) is 9.59 Å². The molecule has 0 aliphatic carbocycles. The smallest absolute Gasteiger partial charge is 0.255 e. The highest BCUT2D eigenvalue weighted by atomic mass is 35.5. The van der Waals surface area contributed by atoms with Crippen LogP contribution in [-0.2, 0) is 0 Å². The van der Waals surface area contributed by atoms with Crippen molar-refractivity contribution in [1.82, 2.24) is 0 Å². The number of amides is 2. The minimum Gasteiger partial charge on any atom is -0.495 e. The van der Waals surface area contributed by atoms with Gasteiger partial charge >= 0.3 is 0 Å². The van der Waals surface area contributed by atoms with Crippen LogP contribution in [-0.4, -0.2) is 18.9 Å². The Kier molecular flexibility index (Phi) is 6.19. The monoisotopic (exact) mass is 414 g/mol. The van der Waals surface area contributed by atoms with Crippen molar-refractivity contribution in [3.8, 4) is 5.75 Å². The molecule has 0 saturated heterocycles. The molecule has 0 radical (unpaired) electrons. The van der Waals surface area contributed by atoms with E-state index in [-0.39, 0.29) is 11.8 Å². The summed E-state index contributed by atoms with van der Waals surface area (Å²) in [7, 11) is 1.49. The van der Waals surface area contributed by atoms with Crippen LogP contribution < -0.4 is 15.4 Å². The van der Waals surface area contributed by atoms with Crippen LogP contribution in [0.25, 0.3) is 0 Å². The molecule has 3 rings (SSSR count). The predicted octanol–water partition coefficient (Wildman–Crippen LogP) is 5.51. The van der Waals surface area contributed by atoms with Gasteiger partial charge in [-0.15, -0.1) is 0 Å². The van der Waals surface area contributed by atoms with E-state index in [0.717, 1.165) is 0 Å². The molecule has 28 heavy (non-hydrogen) atoms. The molecule has 0 unspecified atom stereocenters.